The minimum atomic E-state index is -0.899. The molecule has 1 N–H and O–H groups in total. The number of amides is 3. The molecule has 0 fully saturated rings. The highest BCUT2D eigenvalue weighted by Crippen LogP contribution is 2.28. The first-order valence-corrected chi connectivity index (χ1v) is 9.72. The molecule has 0 saturated carbocycles. The molecule has 1 unspecified atom stereocenters. The quantitative estimate of drug-likeness (QED) is 0.769. The van der Waals surface area contributed by atoms with Crippen LogP contribution in [0, 0.1) is 5.92 Å². The molecule has 2 heterocycles. The maximum atomic E-state index is 12.9. The molecule has 8 heteroatoms. The Labute approximate surface area is 161 Å². The zero-order chi connectivity index (χ0) is 19.7. The summed E-state index contributed by atoms with van der Waals surface area (Å²) in [6.07, 6.45) is 0.368. The van der Waals surface area contributed by atoms with Crippen molar-refractivity contribution in [2.45, 2.75) is 46.1 Å². The van der Waals surface area contributed by atoms with Crippen LogP contribution in [0.5, 0.6) is 0 Å². The molecular weight excluding hydrogens is 364 g/mol. The Bertz CT molecular complexity index is 856. The second-order valence-electron chi connectivity index (χ2n) is 7.26. The third-order valence-corrected chi connectivity index (χ3v) is 5.44. The second-order valence-corrected chi connectivity index (χ2v) is 8.27. The Morgan fingerprint density at radius 1 is 1.07 bits per heavy atom. The van der Waals surface area contributed by atoms with E-state index in [0.717, 1.165) is 9.91 Å². The number of hydrogen-bond donors (Lipinski definition) is 1. The van der Waals surface area contributed by atoms with Gasteiger partial charge in [-0.25, -0.2) is 0 Å². The maximum absolute atomic E-state index is 12.9. The third-order valence-electron chi connectivity index (χ3n) is 4.30. The molecule has 3 amide bonds. The van der Waals surface area contributed by atoms with Crippen LogP contribution in [0.4, 0.5) is 5.13 Å². The van der Waals surface area contributed by atoms with Crippen LogP contribution in [0.1, 0.15) is 65.8 Å². The molecule has 0 aliphatic carbocycles. The van der Waals surface area contributed by atoms with Crippen molar-refractivity contribution in [3.05, 3.63) is 40.4 Å². The number of benzene rings is 1. The molecule has 1 aliphatic heterocycles. The van der Waals surface area contributed by atoms with Crippen LogP contribution >= 0.6 is 11.3 Å². The van der Waals surface area contributed by atoms with Crippen molar-refractivity contribution in [3.63, 3.8) is 0 Å². The number of anilines is 1. The first-order valence-electron chi connectivity index (χ1n) is 8.90. The summed E-state index contributed by atoms with van der Waals surface area (Å²) in [6.45, 7) is 7.87. The van der Waals surface area contributed by atoms with Gasteiger partial charge in [0.25, 0.3) is 11.8 Å². The van der Waals surface area contributed by atoms with E-state index in [9.17, 15) is 14.4 Å². The first kappa shape index (κ1) is 19.2. The zero-order valence-corrected chi connectivity index (χ0v) is 16.5. The molecule has 0 saturated heterocycles. The molecule has 2 aromatic rings. The van der Waals surface area contributed by atoms with Gasteiger partial charge in [0, 0.05) is 5.92 Å². The fourth-order valence-electron chi connectivity index (χ4n) is 2.97. The summed E-state index contributed by atoms with van der Waals surface area (Å²) >= 11 is 1.29. The summed E-state index contributed by atoms with van der Waals surface area (Å²) in [4.78, 5) is 39.6. The van der Waals surface area contributed by atoms with Gasteiger partial charge in [0.15, 0.2) is 0 Å². The van der Waals surface area contributed by atoms with Gasteiger partial charge in [0.2, 0.25) is 11.0 Å². The van der Waals surface area contributed by atoms with Gasteiger partial charge in [-0.1, -0.05) is 51.2 Å². The van der Waals surface area contributed by atoms with Gasteiger partial charge in [0.1, 0.15) is 11.0 Å². The molecule has 142 valence electrons. The molecule has 0 spiro atoms. The van der Waals surface area contributed by atoms with Gasteiger partial charge in [0.05, 0.1) is 11.1 Å². The predicted molar refractivity (Wildman–Crippen MR) is 103 cm³/mol. The number of aromatic nitrogens is 2. The van der Waals surface area contributed by atoms with Crippen LogP contribution in [0.15, 0.2) is 24.3 Å². The van der Waals surface area contributed by atoms with Crippen molar-refractivity contribution in [1.29, 1.82) is 0 Å². The Morgan fingerprint density at radius 3 is 2.15 bits per heavy atom. The van der Waals surface area contributed by atoms with Crippen molar-refractivity contribution >= 4 is 34.2 Å². The summed E-state index contributed by atoms with van der Waals surface area (Å²) in [5.41, 5.74) is 0.670. The molecule has 7 nitrogen and oxygen atoms in total. The van der Waals surface area contributed by atoms with E-state index < -0.39 is 23.8 Å². The topological polar surface area (TPSA) is 92.3 Å². The molecule has 1 atom stereocenters. The molecule has 0 radical (unpaired) electrons. The molecule has 27 heavy (non-hydrogen) atoms. The van der Waals surface area contributed by atoms with Crippen LogP contribution in [0.3, 0.4) is 0 Å². The van der Waals surface area contributed by atoms with Crippen LogP contribution in [0.2, 0.25) is 0 Å². The summed E-state index contributed by atoms with van der Waals surface area (Å²) < 4.78 is 0. The highest BCUT2D eigenvalue weighted by Gasteiger charge is 2.42. The first-order chi connectivity index (χ1) is 12.8. The van der Waals surface area contributed by atoms with Crippen molar-refractivity contribution in [1.82, 2.24) is 15.1 Å². The van der Waals surface area contributed by atoms with E-state index in [1.807, 2.05) is 27.7 Å². The number of carbonyl (C=O) groups excluding carboxylic acids is 3. The Morgan fingerprint density at radius 2 is 1.67 bits per heavy atom. The fourth-order valence-corrected chi connectivity index (χ4v) is 3.72. The van der Waals surface area contributed by atoms with Crippen molar-refractivity contribution < 1.29 is 14.4 Å². The Hall–Kier alpha value is -2.61. The lowest BCUT2D eigenvalue weighted by Crippen LogP contribution is -2.47. The highest BCUT2D eigenvalue weighted by atomic mass is 32.1. The van der Waals surface area contributed by atoms with E-state index in [0.29, 0.717) is 22.7 Å². The van der Waals surface area contributed by atoms with E-state index in [4.69, 9.17) is 0 Å². The van der Waals surface area contributed by atoms with Crippen LogP contribution in [0.25, 0.3) is 0 Å². The van der Waals surface area contributed by atoms with E-state index in [2.05, 4.69) is 15.5 Å². The Balaban J connectivity index is 1.86. The number of hydrogen-bond acceptors (Lipinski definition) is 6. The number of nitrogens with zero attached hydrogens (tertiary/aromatic N) is 3. The molecule has 1 aliphatic rings. The summed E-state index contributed by atoms with van der Waals surface area (Å²) in [7, 11) is 0. The summed E-state index contributed by atoms with van der Waals surface area (Å²) in [6, 6.07) is 5.74. The van der Waals surface area contributed by atoms with Gasteiger partial charge in [-0.2, -0.15) is 0 Å². The van der Waals surface area contributed by atoms with Crippen molar-refractivity contribution in [2.75, 3.05) is 5.32 Å². The largest absolute Gasteiger partial charge is 0.299 e. The zero-order valence-electron chi connectivity index (χ0n) is 15.7. The van der Waals surface area contributed by atoms with Gasteiger partial charge in [-0.15, -0.1) is 10.2 Å². The van der Waals surface area contributed by atoms with Crippen LogP contribution < -0.4 is 5.32 Å². The molecule has 0 bridgehead atoms. The van der Waals surface area contributed by atoms with Gasteiger partial charge in [-0.3, -0.25) is 24.6 Å². The van der Waals surface area contributed by atoms with Crippen LogP contribution in [-0.2, 0) is 4.79 Å². The second kappa shape index (κ2) is 7.56. The van der Waals surface area contributed by atoms with E-state index >= 15 is 0 Å². The monoisotopic (exact) mass is 386 g/mol. The van der Waals surface area contributed by atoms with Crippen molar-refractivity contribution in [2.24, 2.45) is 5.92 Å². The molecule has 1 aromatic carbocycles. The number of rotatable bonds is 6. The number of fused-ring (bicyclic) bond motifs is 1. The third kappa shape index (κ3) is 3.75. The molecule has 3 rings (SSSR count). The van der Waals surface area contributed by atoms with Gasteiger partial charge >= 0.3 is 0 Å². The fraction of sp³-hybridized carbons (Fsp3) is 0.421. The number of nitrogens with one attached hydrogen (secondary N) is 1. The summed E-state index contributed by atoms with van der Waals surface area (Å²) in [5, 5.41) is 12.0. The average molecular weight is 386 g/mol. The minimum Gasteiger partial charge on any atom is -0.299 e. The SMILES string of the molecule is CC(C)CC(C(=O)Nc1nnc(C(C)C)s1)N1C(=O)c2ccccc2C1=O. The lowest BCUT2D eigenvalue weighted by atomic mass is 10.0. The molecule has 1 aromatic heterocycles. The lowest BCUT2D eigenvalue weighted by Gasteiger charge is -2.26. The lowest BCUT2D eigenvalue weighted by molar-refractivity contribution is -0.120. The van der Waals surface area contributed by atoms with Crippen LogP contribution in [-0.4, -0.2) is 38.9 Å². The van der Waals surface area contributed by atoms with Crippen molar-refractivity contribution in [3.8, 4) is 0 Å². The normalized spacial score (nSPS) is 14.8. The standard InChI is InChI=1S/C19H22N4O3S/c1-10(2)9-14(15(24)20-19-22-21-16(27-19)11(3)4)23-17(25)12-7-5-6-8-13(12)18(23)26/h5-8,10-11,14H,9H2,1-4H3,(H,20,22,24). The van der Waals surface area contributed by atoms with Gasteiger partial charge < -0.3 is 0 Å². The number of carbonyl (C=O) groups is 3. The number of imide groups is 1. The average Bonchev–Trinajstić information content (AvgIpc) is 3.17. The Kier molecular flexibility index (Phi) is 5.36. The minimum absolute atomic E-state index is 0.116. The van der Waals surface area contributed by atoms with E-state index in [1.165, 1.54) is 11.3 Å². The van der Waals surface area contributed by atoms with E-state index in [1.54, 1.807) is 24.3 Å². The highest BCUT2D eigenvalue weighted by molar-refractivity contribution is 7.15. The summed E-state index contributed by atoms with van der Waals surface area (Å²) in [5.74, 6) is -0.973. The molecular formula is C19H22N4O3S. The smallest absolute Gasteiger partial charge is 0.262 e. The predicted octanol–water partition coefficient (Wildman–Crippen LogP) is 3.31. The van der Waals surface area contributed by atoms with Gasteiger partial charge in [-0.05, 0) is 24.5 Å². The maximum Gasteiger partial charge on any atom is 0.262 e. The van der Waals surface area contributed by atoms with E-state index in [-0.39, 0.29) is 11.8 Å².